The second kappa shape index (κ2) is 6.10. The lowest BCUT2D eigenvalue weighted by Gasteiger charge is -2.07. The standard InChI is InChI=1S/C13H12ClN3O5/c1-6(2)5-22-13(19)11-12(18)15-7-3-4-8(17(20)21)9(14)10(7)16-11/h3-4,6H,5H2,1-2H3,(H,15,18). The van der Waals surface area contributed by atoms with E-state index in [4.69, 9.17) is 16.3 Å². The van der Waals surface area contributed by atoms with Crippen LogP contribution in [0.5, 0.6) is 0 Å². The fraction of sp³-hybridized carbons (Fsp3) is 0.308. The molecule has 0 spiro atoms. The van der Waals surface area contributed by atoms with Crippen molar-refractivity contribution in [2.24, 2.45) is 5.92 Å². The van der Waals surface area contributed by atoms with Gasteiger partial charge in [0.05, 0.1) is 17.0 Å². The minimum atomic E-state index is -0.903. The molecule has 2 aromatic rings. The molecular formula is C13H12ClN3O5. The second-order valence-electron chi connectivity index (χ2n) is 4.96. The third-order valence-corrected chi connectivity index (χ3v) is 3.09. The number of carbonyl (C=O) groups excluding carboxylic acids is 1. The van der Waals surface area contributed by atoms with Crippen LogP contribution in [-0.2, 0) is 4.74 Å². The van der Waals surface area contributed by atoms with E-state index in [0.29, 0.717) is 0 Å². The summed E-state index contributed by atoms with van der Waals surface area (Å²) in [6, 6.07) is 2.45. The van der Waals surface area contributed by atoms with Crippen molar-refractivity contribution < 1.29 is 14.5 Å². The molecule has 1 N–H and O–H groups in total. The molecule has 0 fully saturated rings. The van der Waals surface area contributed by atoms with Crippen molar-refractivity contribution in [3.05, 3.63) is 43.3 Å². The minimum Gasteiger partial charge on any atom is -0.461 e. The number of carbonyl (C=O) groups is 1. The first-order valence-corrected chi connectivity index (χ1v) is 6.73. The van der Waals surface area contributed by atoms with E-state index in [9.17, 15) is 19.7 Å². The highest BCUT2D eigenvalue weighted by Crippen LogP contribution is 2.29. The molecule has 0 saturated carbocycles. The van der Waals surface area contributed by atoms with E-state index in [1.807, 2.05) is 13.8 Å². The van der Waals surface area contributed by atoms with E-state index in [0.717, 1.165) is 6.07 Å². The molecule has 1 aromatic carbocycles. The van der Waals surface area contributed by atoms with Gasteiger partial charge in [-0.1, -0.05) is 25.4 Å². The van der Waals surface area contributed by atoms with Gasteiger partial charge in [0.25, 0.3) is 11.2 Å². The Morgan fingerprint density at radius 3 is 2.77 bits per heavy atom. The van der Waals surface area contributed by atoms with Crippen molar-refractivity contribution in [1.29, 1.82) is 0 Å². The van der Waals surface area contributed by atoms with Crippen LogP contribution in [0.3, 0.4) is 0 Å². The average molecular weight is 326 g/mol. The Kier molecular flexibility index (Phi) is 4.41. The summed E-state index contributed by atoms with van der Waals surface area (Å²) >= 11 is 5.91. The van der Waals surface area contributed by atoms with Crippen molar-refractivity contribution >= 4 is 34.3 Å². The fourth-order valence-corrected chi connectivity index (χ4v) is 1.97. The number of nitro groups is 1. The van der Waals surface area contributed by atoms with E-state index < -0.39 is 22.1 Å². The Labute approximate surface area is 129 Å². The topological polar surface area (TPSA) is 115 Å². The molecule has 22 heavy (non-hydrogen) atoms. The molecule has 1 aromatic heterocycles. The monoisotopic (exact) mass is 325 g/mol. The first kappa shape index (κ1) is 15.9. The molecule has 0 atom stereocenters. The number of ether oxygens (including phenoxy) is 1. The summed E-state index contributed by atoms with van der Waals surface area (Å²) in [5, 5.41) is 10.6. The van der Waals surface area contributed by atoms with Gasteiger partial charge in [0, 0.05) is 6.07 Å². The van der Waals surface area contributed by atoms with Crippen molar-refractivity contribution in [3.63, 3.8) is 0 Å². The van der Waals surface area contributed by atoms with Crippen LogP contribution in [0.2, 0.25) is 5.02 Å². The molecule has 0 aliphatic heterocycles. The molecular weight excluding hydrogens is 314 g/mol. The normalized spacial score (nSPS) is 10.9. The van der Waals surface area contributed by atoms with E-state index in [-0.39, 0.29) is 34.3 Å². The number of aromatic amines is 1. The number of fused-ring (bicyclic) bond motifs is 1. The highest BCUT2D eigenvalue weighted by Gasteiger charge is 2.21. The Hall–Kier alpha value is -2.48. The van der Waals surface area contributed by atoms with Crippen LogP contribution in [-0.4, -0.2) is 27.5 Å². The van der Waals surface area contributed by atoms with Gasteiger partial charge in [-0.15, -0.1) is 0 Å². The van der Waals surface area contributed by atoms with Gasteiger partial charge >= 0.3 is 5.97 Å². The number of aromatic nitrogens is 2. The number of nitrogens with one attached hydrogen (secondary N) is 1. The average Bonchev–Trinajstić information content (AvgIpc) is 2.44. The Morgan fingerprint density at radius 1 is 1.50 bits per heavy atom. The number of nitrogens with zero attached hydrogens (tertiary/aromatic N) is 2. The lowest BCUT2D eigenvalue weighted by molar-refractivity contribution is -0.384. The molecule has 0 amide bonds. The smallest absolute Gasteiger partial charge is 0.362 e. The number of rotatable bonds is 4. The molecule has 0 saturated heterocycles. The van der Waals surface area contributed by atoms with Crippen LogP contribution < -0.4 is 5.56 Å². The summed E-state index contributed by atoms with van der Waals surface area (Å²) in [5.74, 6) is -0.812. The van der Waals surface area contributed by atoms with E-state index >= 15 is 0 Å². The quantitative estimate of drug-likeness (QED) is 0.524. The first-order chi connectivity index (χ1) is 10.3. The Bertz CT molecular complexity index is 815. The van der Waals surface area contributed by atoms with Crippen LogP contribution in [0.1, 0.15) is 24.3 Å². The largest absolute Gasteiger partial charge is 0.461 e. The van der Waals surface area contributed by atoms with Crippen LogP contribution in [0.25, 0.3) is 11.0 Å². The summed E-state index contributed by atoms with van der Waals surface area (Å²) in [6.07, 6.45) is 0. The zero-order valence-electron chi connectivity index (χ0n) is 11.8. The number of hydrogen-bond acceptors (Lipinski definition) is 6. The molecule has 116 valence electrons. The number of benzene rings is 1. The van der Waals surface area contributed by atoms with Crippen LogP contribution >= 0.6 is 11.6 Å². The number of H-pyrrole nitrogens is 1. The summed E-state index contributed by atoms with van der Waals surface area (Å²) in [7, 11) is 0. The summed E-state index contributed by atoms with van der Waals surface area (Å²) in [5.41, 5.74) is -1.44. The highest BCUT2D eigenvalue weighted by molar-refractivity contribution is 6.37. The molecule has 0 aliphatic carbocycles. The van der Waals surface area contributed by atoms with Gasteiger partial charge in [0.15, 0.2) is 0 Å². The van der Waals surface area contributed by atoms with Crippen molar-refractivity contribution in [2.45, 2.75) is 13.8 Å². The molecule has 8 nitrogen and oxygen atoms in total. The van der Waals surface area contributed by atoms with E-state index in [1.54, 1.807) is 0 Å². The van der Waals surface area contributed by atoms with Gasteiger partial charge in [0.2, 0.25) is 5.69 Å². The third-order valence-electron chi connectivity index (χ3n) is 2.72. The highest BCUT2D eigenvalue weighted by atomic mass is 35.5. The fourth-order valence-electron chi connectivity index (χ4n) is 1.70. The predicted octanol–water partition coefficient (Wildman–Crippen LogP) is 2.30. The van der Waals surface area contributed by atoms with E-state index in [2.05, 4.69) is 9.97 Å². The molecule has 9 heteroatoms. The zero-order chi connectivity index (χ0) is 16.4. The summed E-state index contributed by atoms with van der Waals surface area (Å²) in [6.45, 7) is 3.80. The van der Waals surface area contributed by atoms with Gasteiger partial charge in [-0.2, -0.15) is 0 Å². The maximum absolute atomic E-state index is 11.9. The van der Waals surface area contributed by atoms with Gasteiger partial charge in [-0.3, -0.25) is 14.9 Å². The molecule has 0 aliphatic rings. The maximum atomic E-state index is 11.9. The van der Waals surface area contributed by atoms with Gasteiger partial charge in [0.1, 0.15) is 10.5 Å². The van der Waals surface area contributed by atoms with Gasteiger partial charge in [-0.05, 0) is 12.0 Å². The lowest BCUT2D eigenvalue weighted by Crippen LogP contribution is -2.23. The molecule has 0 unspecified atom stereocenters. The zero-order valence-corrected chi connectivity index (χ0v) is 12.5. The first-order valence-electron chi connectivity index (χ1n) is 6.35. The number of halogens is 1. The number of nitro benzene ring substituents is 1. The summed E-state index contributed by atoms with van der Waals surface area (Å²) < 4.78 is 4.94. The third kappa shape index (κ3) is 3.06. The Morgan fingerprint density at radius 2 is 2.18 bits per heavy atom. The minimum absolute atomic E-state index is 0.0352. The van der Waals surface area contributed by atoms with Crippen LogP contribution in [0.4, 0.5) is 5.69 Å². The van der Waals surface area contributed by atoms with Crippen LogP contribution in [0.15, 0.2) is 16.9 Å². The van der Waals surface area contributed by atoms with Crippen molar-refractivity contribution in [2.75, 3.05) is 6.61 Å². The second-order valence-corrected chi connectivity index (χ2v) is 5.34. The van der Waals surface area contributed by atoms with Crippen molar-refractivity contribution in [1.82, 2.24) is 9.97 Å². The number of esters is 1. The SMILES string of the molecule is CC(C)COC(=O)c1nc2c(Cl)c([N+](=O)[O-])ccc2[nH]c1=O. The van der Waals surface area contributed by atoms with Gasteiger partial charge < -0.3 is 9.72 Å². The maximum Gasteiger partial charge on any atom is 0.362 e. The molecule has 1 heterocycles. The lowest BCUT2D eigenvalue weighted by atomic mass is 10.2. The van der Waals surface area contributed by atoms with E-state index in [1.165, 1.54) is 6.07 Å². The number of hydrogen-bond donors (Lipinski definition) is 1. The Balaban J connectivity index is 2.55. The predicted molar refractivity (Wildman–Crippen MR) is 79.1 cm³/mol. The molecule has 2 rings (SSSR count). The van der Waals surface area contributed by atoms with Crippen LogP contribution in [0, 0.1) is 16.0 Å². The van der Waals surface area contributed by atoms with Crippen molar-refractivity contribution in [3.8, 4) is 0 Å². The molecule has 0 bridgehead atoms. The van der Waals surface area contributed by atoms with Gasteiger partial charge in [-0.25, -0.2) is 9.78 Å². The summed E-state index contributed by atoms with van der Waals surface area (Å²) in [4.78, 5) is 40.1. The molecule has 0 radical (unpaired) electrons.